The van der Waals surface area contributed by atoms with Gasteiger partial charge >= 0.3 is 0 Å². The van der Waals surface area contributed by atoms with Crippen LogP contribution in [0.15, 0.2) is 60.3 Å². The molecule has 4 nitrogen and oxygen atoms in total. The van der Waals surface area contributed by atoms with E-state index in [2.05, 4.69) is 25.0 Å². The highest BCUT2D eigenvalue weighted by Gasteiger charge is 2.35. The Kier molecular flexibility index (Phi) is 5.01. The highest BCUT2D eigenvalue weighted by atomic mass is 19.1. The summed E-state index contributed by atoms with van der Waals surface area (Å²) in [6, 6.07) is 13.9. The van der Waals surface area contributed by atoms with E-state index < -0.39 is 6.10 Å². The number of allylic oxidation sites excluding steroid dienone is 1. The Morgan fingerprint density at radius 2 is 1.93 bits per heavy atom. The van der Waals surface area contributed by atoms with E-state index >= 15 is 0 Å². The molecule has 0 radical (unpaired) electrons. The van der Waals surface area contributed by atoms with Gasteiger partial charge in [-0.1, -0.05) is 30.7 Å². The lowest BCUT2D eigenvalue weighted by Gasteiger charge is -2.36. The minimum absolute atomic E-state index is 0.204. The van der Waals surface area contributed by atoms with Crippen LogP contribution in [0.3, 0.4) is 0 Å². The third-order valence-corrected chi connectivity index (χ3v) is 5.99. The maximum atomic E-state index is 13.3. The van der Waals surface area contributed by atoms with E-state index in [1.807, 2.05) is 35.1 Å². The van der Waals surface area contributed by atoms with Gasteiger partial charge in [0.2, 0.25) is 0 Å². The predicted molar refractivity (Wildman–Crippen MR) is 112 cm³/mol. The molecule has 0 aliphatic heterocycles. The number of hydrogen-bond donors (Lipinski definition) is 1. The summed E-state index contributed by atoms with van der Waals surface area (Å²) in [4.78, 5) is 0. The molecule has 1 heterocycles. The van der Waals surface area contributed by atoms with E-state index in [4.69, 9.17) is 4.74 Å². The SMILES string of the molecule is COc1ccccc1C(O)CC1(C)Cc2cnn(-c3ccc(F)cc3)c2C=C1C. The molecule has 29 heavy (non-hydrogen) atoms. The Hall–Kier alpha value is -2.92. The number of benzene rings is 2. The van der Waals surface area contributed by atoms with E-state index in [1.165, 1.54) is 17.7 Å². The molecule has 0 amide bonds. The number of aliphatic hydroxyl groups is 1. The van der Waals surface area contributed by atoms with Crippen molar-refractivity contribution in [1.29, 1.82) is 0 Å². The third-order valence-electron chi connectivity index (χ3n) is 5.99. The molecule has 3 aromatic rings. The van der Waals surface area contributed by atoms with E-state index in [0.717, 1.165) is 28.9 Å². The maximum Gasteiger partial charge on any atom is 0.124 e. The largest absolute Gasteiger partial charge is 0.496 e. The smallest absolute Gasteiger partial charge is 0.124 e. The predicted octanol–water partition coefficient (Wildman–Crippen LogP) is 5.11. The summed E-state index contributed by atoms with van der Waals surface area (Å²) in [5, 5.41) is 15.5. The standard InChI is InChI=1S/C24H25FN2O2/c1-16-12-21-17(15-26-27(21)19-10-8-18(25)9-11-19)13-24(16,2)14-22(28)20-6-4-5-7-23(20)29-3/h4-12,15,22,28H,13-14H2,1-3H3. The van der Waals surface area contributed by atoms with Crippen LogP contribution in [0.4, 0.5) is 4.39 Å². The van der Waals surface area contributed by atoms with Crippen molar-refractivity contribution in [1.82, 2.24) is 9.78 Å². The topological polar surface area (TPSA) is 47.3 Å². The van der Waals surface area contributed by atoms with Crippen LogP contribution in [-0.2, 0) is 6.42 Å². The second-order valence-corrected chi connectivity index (χ2v) is 7.97. The molecule has 5 heteroatoms. The van der Waals surface area contributed by atoms with Gasteiger partial charge in [0.05, 0.1) is 30.8 Å². The summed E-state index contributed by atoms with van der Waals surface area (Å²) in [5.74, 6) is 0.435. The Labute approximate surface area is 170 Å². The van der Waals surface area contributed by atoms with Crippen molar-refractivity contribution in [3.05, 3.63) is 82.9 Å². The van der Waals surface area contributed by atoms with Gasteiger partial charge < -0.3 is 9.84 Å². The zero-order valence-electron chi connectivity index (χ0n) is 16.9. The second-order valence-electron chi connectivity index (χ2n) is 7.97. The van der Waals surface area contributed by atoms with Gasteiger partial charge in [-0.15, -0.1) is 0 Å². The number of fused-ring (bicyclic) bond motifs is 1. The van der Waals surface area contributed by atoms with Crippen molar-refractivity contribution < 1.29 is 14.2 Å². The van der Waals surface area contributed by atoms with Gasteiger partial charge in [0.15, 0.2) is 0 Å². The van der Waals surface area contributed by atoms with Crippen LogP contribution in [0.2, 0.25) is 0 Å². The molecule has 0 spiro atoms. The molecule has 2 aromatic carbocycles. The molecule has 4 rings (SSSR count). The Balaban J connectivity index is 1.63. The van der Waals surface area contributed by atoms with Crippen molar-refractivity contribution in [3.8, 4) is 11.4 Å². The highest BCUT2D eigenvalue weighted by Crippen LogP contribution is 2.45. The first-order chi connectivity index (χ1) is 13.9. The van der Waals surface area contributed by atoms with Gasteiger partial charge in [-0.25, -0.2) is 9.07 Å². The quantitative estimate of drug-likeness (QED) is 0.656. The number of nitrogens with zero attached hydrogens (tertiary/aromatic N) is 2. The van der Waals surface area contributed by atoms with Gasteiger partial charge in [-0.05, 0) is 67.2 Å². The first kappa shape index (κ1) is 19.4. The normalized spacial score (nSPS) is 19.4. The molecule has 0 saturated heterocycles. The third kappa shape index (κ3) is 3.58. The van der Waals surface area contributed by atoms with Crippen LogP contribution in [0.5, 0.6) is 5.75 Å². The molecule has 0 bridgehead atoms. The maximum absolute atomic E-state index is 13.3. The molecule has 1 aliphatic carbocycles. The van der Waals surface area contributed by atoms with Gasteiger partial charge in [-0.3, -0.25) is 0 Å². The fourth-order valence-electron chi connectivity index (χ4n) is 4.12. The van der Waals surface area contributed by atoms with Crippen LogP contribution in [0.1, 0.15) is 43.2 Å². The molecule has 150 valence electrons. The summed E-state index contributed by atoms with van der Waals surface area (Å²) in [6.45, 7) is 4.27. The fourth-order valence-corrected chi connectivity index (χ4v) is 4.12. The number of methoxy groups -OCH3 is 1. The first-order valence-electron chi connectivity index (χ1n) is 9.74. The summed E-state index contributed by atoms with van der Waals surface area (Å²) in [5.41, 5.74) is 4.74. The summed E-state index contributed by atoms with van der Waals surface area (Å²) >= 11 is 0. The van der Waals surface area contributed by atoms with Crippen molar-refractivity contribution >= 4 is 6.08 Å². The Bertz CT molecular complexity index is 1050. The van der Waals surface area contributed by atoms with E-state index in [9.17, 15) is 9.50 Å². The molecule has 1 N–H and O–H groups in total. The highest BCUT2D eigenvalue weighted by molar-refractivity contribution is 5.60. The molecule has 0 fully saturated rings. The number of aliphatic hydroxyl groups excluding tert-OH is 1. The molecule has 2 atom stereocenters. The van der Waals surface area contributed by atoms with Crippen molar-refractivity contribution in [2.24, 2.45) is 5.41 Å². The van der Waals surface area contributed by atoms with Gasteiger partial charge in [-0.2, -0.15) is 5.10 Å². The van der Waals surface area contributed by atoms with Crippen molar-refractivity contribution in [2.45, 2.75) is 32.8 Å². The van der Waals surface area contributed by atoms with Gasteiger partial charge in [0.25, 0.3) is 0 Å². The zero-order valence-corrected chi connectivity index (χ0v) is 16.9. The average molecular weight is 392 g/mol. The lowest BCUT2D eigenvalue weighted by molar-refractivity contribution is 0.118. The Morgan fingerprint density at radius 1 is 1.21 bits per heavy atom. The summed E-state index contributed by atoms with van der Waals surface area (Å²) in [6.07, 6.45) is 4.72. The number of aromatic nitrogens is 2. The zero-order chi connectivity index (χ0) is 20.6. The first-order valence-corrected chi connectivity index (χ1v) is 9.74. The molecular weight excluding hydrogens is 367 g/mol. The number of hydrogen-bond acceptors (Lipinski definition) is 3. The van der Waals surface area contributed by atoms with Crippen LogP contribution in [0.25, 0.3) is 11.8 Å². The molecule has 2 unspecified atom stereocenters. The van der Waals surface area contributed by atoms with Crippen LogP contribution in [0, 0.1) is 11.2 Å². The van der Waals surface area contributed by atoms with Crippen LogP contribution < -0.4 is 4.74 Å². The lowest BCUT2D eigenvalue weighted by atomic mass is 9.70. The minimum Gasteiger partial charge on any atom is -0.496 e. The molecule has 1 aliphatic rings. The number of halogens is 1. The van der Waals surface area contributed by atoms with Gasteiger partial charge in [0, 0.05) is 5.56 Å². The molecular formula is C24H25FN2O2. The monoisotopic (exact) mass is 392 g/mol. The summed E-state index contributed by atoms with van der Waals surface area (Å²) < 4.78 is 20.5. The number of rotatable bonds is 5. The average Bonchev–Trinajstić information content (AvgIpc) is 3.10. The van der Waals surface area contributed by atoms with E-state index in [1.54, 1.807) is 19.2 Å². The Morgan fingerprint density at radius 3 is 2.66 bits per heavy atom. The number of para-hydroxylation sites is 1. The molecule has 1 aromatic heterocycles. The van der Waals surface area contributed by atoms with Gasteiger partial charge in [0.1, 0.15) is 11.6 Å². The van der Waals surface area contributed by atoms with Crippen molar-refractivity contribution in [2.75, 3.05) is 7.11 Å². The molecule has 0 saturated carbocycles. The fraction of sp³-hybridized carbons (Fsp3) is 0.292. The second kappa shape index (κ2) is 7.48. The van der Waals surface area contributed by atoms with Crippen LogP contribution >= 0.6 is 0 Å². The van der Waals surface area contributed by atoms with Crippen LogP contribution in [-0.4, -0.2) is 22.0 Å². The van der Waals surface area contributed by atoms with E-state index in [-0.39, 0.29) is 11.2 Å². The summed E-state index contributed by atoms with van der Waals surface area (Å²) in [7, 11) is 1.62. The minimum atomic E-state index is -0.631. The number of ether oxygens (including phenoxy) is 1. The van der Waals surface area contributed by atoms with E-state index in [0.29, 0.717) is 12.2 Å². The van der Waals surface area contributed by atoms with Crippen molar-refractivity contribution in [3.63, 3.8) is 0 Å². The lowest BCUT2D eigenvalue weighted by Crippen LogP contribution is -2.27.